The first kappa shape index (κ1) is 19.5. The van der Waals surface area contributed by atoms with Gasteiger partial charge < -0.3 is 23.5 Å². The topological polar surface area (TPSA) is 74.0 Å². The third-order valence-corrected chi connectivity index (χ3v) is 5.73. The molecule has 160 valence electrons. The summed E-state index contributed by atoms with van der Waals surface area (Å²) in [7, 11) is 1.59. The quantitative estimate of drug-likeness (QED) is 0.594. The van der Waals surface area contributed by atoms with Crippen LogP contribution < -0.4 is 14.2 Å². The Morgan fingerprint density at radius 1 is 1.16 bits per heavy atom. The Bertz CT molecular complexity index is 1080. The molecule has 3 heterocycles. The largest absolute Gasteiger partial charge is 0.493 e. The molecule has 3 aromatic rings. The van der Waals surface area contributed by atoms with Crippen molar-refractivity contribution >= 4 is 23.1 Å². The number of aromatic nitrogens is 1. The van der Waals surface area contributed by atoms with Gasteiger partial charge in [-0.25, -0.2) is 4.98 Å². The Balaban J connectivity index is 1.23. The van der Waals surface area contributed by atoms with Crippen molar-refractivity contribution in [1.29, 1.82) is 0 Å². The van der Waals surface area contributed by atoms with Crippen LogP contribution in [-0.4, -0.2) is 49.2 Å². The van der Waals surface area contributed by atoms with Gasteiger partial charge in [0.05, 0.1) is 7.11 Å². The Morgan fingerprint density at radius 3 is 2.77 bits per heavy atom. The summed E-state index contributed by atoms with van der Waals surface area (Å²) in [5, 5.41) is 0. The van der Waals surface area contributed by atoms with Crippen LogP contribution in [0.15, 0.2) is 46.9 Å². The first-order chi connectivity index (χ1) is 15.2. The smallest absolute Gasteiger partial charge is 0.246 e. The number of benzene rings is 2. The average Bonchev–Trinajstić information content (AvgIpc) is 3.26. The molecular formula is C24H24N2O5. The molecule has 0 saturated carbocycles. The van der Waals surface area contributed by atoms with E-state index in [9.17, 15) is 4.79 Å². The summed E-state index contributed by atoms with van der Waals surface area (Å²) in [6.45, 7) is 2.35. The van der Waals surface area contributed by atoms with Gasteiger partial charge in [-0.1, -0.05) is 12.1 Å². The lowest BCUT2D eigenvalue weighted by Crippen LogP contribution is -2.36. The number of nitrogens with zero attached hydrogens (tertiary/aromatic N) is 2. The van der Waals surface area contributed by atoms with Gasteiger partial charge in [-0.2, -0.15) is 0 Å². The van der Waals surface area contributed by atoms with Gasteiger partial charge in [0.2, 0.25) is 11.7 Å². The van der Waals surface area contributed by atoms with Crippen molar-refractivity contribution in [3.8, 4) is 17.2 Å². The zero-order valence-electron chi connectivity index (χ0n) is 17.4. The number of hydrogen-bond acceptors (Lipinski definition) is 6. The van der Waals surface area contributed by atoms with E-state index in [0.717, 1.165) is 35.4 Å². The fourth-order valence-electron chi connectivity index (χ4n) is 4.07. The molecular weight excluding hydrogens is 396 g/mol. The van der Waals surface area contributed by atoms with Crippen LogP contribution in [0.2, 0.25) is 0 Å². The Hall–Kier alpha value is -3.48. The fourth-order valence-corrected chi connectivity index (χ4v) is 4.07. The summed E-state index contributed by atoms with van der Waals surface area (Å²) in [6.07, 6.45) is 5.06. The Labute approximate surface area is 180 Å². The van der Waals surface area contributed by atoms with Crippen LogP contribution in [-0.2, 0) is 4.79 Å². The van der Waals surface area contributed by atoms with Gasteiger partial charge in [0.1, 0.15) is 18.7 Å². The highest BCUT2D eigenvalue weighted by atomic mass is 16.6. The Kier molecular flexibility index (Phi) is 5.24. The molecule has 1 aromatic heterocycles. The number of likely N-dealkylation sites (tertiary alicyclic amines) is 1. The zero-order chi connectivity index (χ0) is 21.2. The van der Waals surface area contributed by atoms with Crippen LogP contribution in [0.5, 0.6) is 17.2 Å². The van der Waals surface area contributed by atoms with Crippen molar-refractivity contribution in [2.45, 2.75) is 18.8 Å². The molecule has 0 atom stereocenters. The highest BCUT2D eigenvalue weighted by Gasteiger charge is 2.26. The van der Waals surface area contributed by atoms with Crippen molar-refractivity contribution in [3.63, 3.8) is 0 Å². The van der Waals surface area contributed by atoms with E-state index in [0.29, 0.717) is 43.6 Å². The minimum Gasteiger partial charge on any atom is -0.493 e. The van der Waals surface area contributed by atoms with E-state index in [1.165, 1.54) is 0 Å². The van der Waals surface area contributed by atoms with Gasteiger partial charge in [0.15, 0.2) is 23.0 Å². The molecule has 7 heteroatoms. The maximum atomic E-state index is 12.7. The monoisotopic (exact) mass is 420 g/mol. The molecule has 0 spiro atoms. The third-order valence-electron chi connectivity index (χ3n) is 5.73. The number of carbonyl (C=O) groups is 1. The van der Waals surface area contributed by atoms with Gasteiger partial charge in [-0.3, -0.25) is 4.79 Å². The predicted molar refractivity (Wildman–Crippen MR) is 116 cm³/mol. The first-order valence-corrected chi connectivity index (χ1v) is 10.5. The number of amides is 1. The number of oxazole rings is 1. The molecule has 31 heavy (non-hydrogen) atoms. The summed E-state index contributed by atoms with van der Waals surface area (Å²) < 4.78 is 22.6. The minimum absolute atomic E-state index is 0.00938. The van der Waals surface area contributed by atoms with Gasteiger partial charge in [0, 0.05) is 25.1 Å². The zero-order valence-corrected chi connectivity index (χ0v) is 17.4. The summed E-state index contributed by atoms with van der Waals surface area (Å²) in [5.74, 6) is 2.85. The average molecular weight is 420 g/mol. The van der Waals surface area contributed by atoms with Crippen LogP contribution in [0.3, 0.4) is 0 Å². The van der Waals surface area contributed by atoms with Gasteiger partial charge in [-0.15, -0.1) is 0 Å². The molecule has 2 aliphatic heterocycles. The van der Waals surface area contributed by atoms with Gasteiger partial charge in [0.25, 0.3) is 0 Å². The minimum atomic E-state index is -0.00938. The number of fused-ring (bicyclic) bond motifs is 2. The molecule has 0 unspecified atom stereocenters. The second kappa shape index (κ2) is 8.34. The number of hydrogen-bond donors (Lipinski definition) is 0. The fraction of sp³-hybridized carbons (Fsp3) is 0.333. The molecule has 0 N–H and O–H groups in total. The highest BCUT2D eigenvalue weighted by Crippen LogP contribution is 2.40. The second-order valence-corrected chi connectivity index (χ2v) is 7.70. The van der Waals surface area contributed by atoms with E-state index in [-0.39, 0.29) is 11.8 Å². The van der Waals surface area contributed by atoms with Crippen LogP contribution in [0.4, 0.5) is 0 Å². The predicted octanol–water partition coefficient (Wildman–Crippen LogP) is 4.03. The highest BCUT2D eigenvalue weighted by molar-refractivity contribution is 5.92. The summed E-state index contributed by atoms with van der Waals surface area (Å²) in [5.41, 5.74) is 2.53. The lowest BCUT2D eigenvalue weighted by Gasteiger charge is -2.29. The van der Waals surface area contributed by atoms with Gasteiger partial charge in [-0.05, 0) is 48.7 Å². The van der Waals surface area contributed by atoms with E-state index in [1.54, 1.807) is 19.3 Å². The van der Waals surface area contributed by atoms with E-state index < -0.39 is 0 Å². The van der Waals surface area contributed by atoms with Crippen molar-refractivity contribution in [2.24, 2.45) is 0 Å². The number of para-hydroxylation sites is 2. The number of carbonyl (C=O) groups excluding carboxylic acids is 1. The molecule has 0 radical (unpaired) electrons. The molecule has 0 aliphatic carbocycles. The van der Waals surface area contributed by atoms with Crippen molar-refractivity contribution in [3.05, 3.63) is 53.9 Å². The molecule has 2 aliphatic rings. The van der Waals surface area contributed by atoms with Crippen molar-refractivity contribution in [2.75, 3.05) is 33.4 Å². The van der Waals surface area contributed by atoms with Crippen molar-refractivity contribution in [1.82, 2.24) is 9.88 Å². The van der Waals surface area contributed by atoms with Crippen LogP contribution in [0, 0.1) is 0 Å². The van der Waals surface area contributed by atoms with Crippen LogP contribution >= 0.6 is 0 Å². The lowest BCUT2D eigenvalue weighted by molar-refractivity contribution is -0.127. The molecule has 1 fully saturated rings. The second-order valence-electron chi connectivity index (χ2n) is 7.70. The first-order valence-electron chi connectivity index (χ1n) is 10.5. The third kappa shape index (κ3) is 3.95. The van der Waals surface area contributed by atoms with Gasteiger partial charge >= 0.3 is 0 Å². The van der Waals surface area contributed by atoms with Crippen LogP contribution in [0.25, 0.3) is 17.2 Å². The number of methoxy groups -OCH3 is 1. The molecule has 1 saturated heterocycles. The number of piperidine rings is 1. The number of rotatable bonds is 4. The molecule has 7 nitrogen and oxygen atoms in total. The van der Waals surface area contributed by atoms with E-state index in [2.05, 4.69) is 4.98 Å². The van der Waals surface area contributed by atoms with E-state index in [1.807, 2.05) is 41.3 Å². The molecule has 1 amide bonds. The van der Waals surface area contributed by atoms with Crippen LogP contribution in [0.1, 0.15) is 30.2 Å². The molecule has 2 aromatic carbocycles. The van der Waals surface area contributed by atoms with E-state index >= 15 is 0 Å². The number of ether oxygens (including phenoxy) is 3. The maximum Gasteiger partial charge on any atom is 0.246 e. The summed E-state index contributed by atoms with van der Waals surface area (Å²) in [6, 6.07) is 11.5. The Morgan fingerprint density at radius 2 is 1.97 bits per heavy atom. The van der Waals surface area contributed by atoms with Crippen molar-refractivity contribution < 1.29 is 23.4 Å². The normalized spacial score (nSPS) is 16.7. The lowest BCUT2D eigenvalue weighted by atomic mass is 9.96. The standard InChI is InChI=1S/C24H24N2O5/c1-28-20-14-16(15-21-23(20)30-13-12-29-21)6-7-22(27)26-10-8-17(9-11-26)24-25-18-4-2-3-5-19(18)31-24/h2-7,14-15,17H,8-13H2,1H3/b7-6+. The maximum absolute atomic E-state index is 12.7. The summed E-state index contributed by atoms with van der Waals surface area (Å²) >= 11 is 0. The van der Waals surface area contributed by atoms with E-state index in [4.69, 9.17) is 18.6 Å². The summed E-state index contributed by atoms with van der Waals surface area (Å²) in [4.78, 5) is 19.2. The molecule has 0 bridgehead atoms. The SMILES string of the molecule is COc1cc(/C=C/C(=O)N2CCC(c3nc4ccccc4o3)CC2)cc2c1OCCO2. The molecule has 5 rings (SSSR count).